The molecule has 0 aromatic carbocycles. The summed E-state index contributed by atoms with van der Waals surface area (Å²) < 4.78 is 1.95. The molecule has 20 heavy (non-hydrogen) atoms. The van der Waals surface area contributed by atoms with Crippen LogP contribution in [-0.4, -0.2) is 32.6 Å². The van der Waals surface area contributed by atoms with E-state index in [1.165, 1.54) is 0 Å². The number of rotatable bonds is 9. The van der Waals surface area contributed by atoms with Crippen molar-refractivity contribution in [3.63, 3.8) is 0 Å². The summed E-state index contributed by atoms with van der Waals surface area (Å²) >= 11 is 0. The van der Waals surface area contributed by atoms with Crippen molar-refractivity contribution in [2.24, 2.45) is 0 Å². The van der Waals surface area contributed by atoms with Crippen molar-refractivity contribution in [2.75, 3.05) is 0 Å². The van der Waals surface area contributed by atoms with Gasteiger partial charge in [-0.3, -0.25) is 9.59 Å². The molecule has 0 spiro atoms. The Kier molecular flexibility index (Phi) is 6.76. The Bertz CT molecular complexity index is 417. The number of aliphatic carboxylic acids is 1. The van der Waals surface area contributed by atoms with E-state index in [4.69, 9.17) is 5.11 Å². The van der Waals surface area contributed by atoms with Crippen LogP contribution in [0.2, 0.25) is 0 Å². The molecule has 2 N–H and O–H groups in total. The summed E-state index contributed by atoms with van der Waals surface area (Å²) in [6.07, 6.45) is 8.10. The Balaban J connectivity index is 2.44. The average Bonchev–Trinajstić information content (AvgIpc) is 2.89. The Labute approximate surface area is 119 Å². The van der Waals surface area contributed by atoms with Gasteiger partial charge in [0.25, 0.3) is 0 Å². The van der Waals surface area contributed by atoms with Crippen LogP contribution in [0.25, 0.3) is 0 Å². The molecule has 0 saturated heterocycles. The summed E-state index contributed by atoms with van der Waals surface area (Å²) in [5.41, 5.74) is 0. The van der Waals surface area contributed by atoms with Gasteiger partial charge in [-0.05, 0) is 19.8 Å². The second kappa shape index (κ2) is 8.35. The van der Waals surface area contributed by atoms with Crippen molar-refractivity contribution >= 4 is 11.9 Å². The van der Waals surface area contributed by atoms with Gasteiger partial charge < -0.3 is 15.0 Å². The summed E-state index contributed by atoms with van der Waals surface area (Å²) in [6, 6.07) is -0.0159. The van der Waals surface area contributed by atoms with E-state index in [0.29, 0.717) is 12.8 Å². The molecule has 2 atom stereocenters. The lowest BCUT2D eigenvalue weighted by Gasteiger charge is -2.19. The number of carbonyl (C=O) groups excluding carboxylic acids is 1. The summed E-state index contributed by atoms with van der Waals surface area (Å²) in [7, 11) is 0. The zero-order valence-electron chi connectivity index (χ0n) is 12.1. The summed E-state index contributed by atoms with van der Waals surface area (Å²) in [5.74, 6) is -0.886. The van der Waals surface area contributed by atoms with E-state index in [9.17, 15) is 9.59 Å². The van der Waals surface area contributed by atoms with E-state index >= 15 is 0 Å². The molecule has 0 aliphatic carbocycles. The predicted molar refractivity (Wildman–Crippen MR) is 75.3 cm³/mol. The molecule has 2 unspecified atom stereocenters. The van der Waals surface area contributed by atoms with Crippen molar-refractivity contribution in [3.05, 3.63) is 18.7 Å². The van der Waals surface area contributed by atoms with Gasteiger partial charge in [-0.1, -0.05) is 13.3 Å². The number of carboxylic acids is 1. The lowest BCUT2D eigenvalue weighted by Crippen LogP contribution is -2.34. The first kappa shape index (κ1) is 16.2. The normalized spacial score (nSPS) is 13.7. The fourth-order valence-corrected chi connectivity index (χ4v) is 2.14. The lowest BCUT2D eigenvalue weighted by molar-refractivity contribution is -0.137. The zero-order chi connectivity index (χ0) is 15.0. The number of nitrogens with zero attached hydrogens (tertiary/aromatic N) is 2. The van der Waals surface area contributed by atoms with Crippen LogP contribution in [0.15, 0.2) is 18.7 Å². The Morgan fingerprint density at radius 1 is 1.40 bits per heavy atom. The van der Waals surface area contributed by atoms with Gasteiger partial charge in [-0.2, -0.15) is 0 Å². The van der Waals surface area contributed by atoms with Gasteiger partial charge >= 0.3 is 5.97 Å². The van der Waals surface area contributed by atoms with E-state index in [-0.39, 0.29) is 24.4 Å². The van der Waals surface area contributed by atoms with Crippen LogP contribution in [0.4, 0.5) is 0 Å². The zero-order valence-corrected chi connectivity index (χ0v) is 12.1. The SMILES string of the molecule is CCCC(CC(=O)NC(C)CCC(=O)O)n1ccnc1. The van der Waals surface area contributed by atoms with Gasteiger partial charge in [0.15, 0.2) is 0 Å². The highest BCUT2D eigenvalue weighted by atomic mass is 16.4. The number of amides is 1. The molecule has 0 bridgehead atoms. The van der Waals surface area contributed by atoms with E-state index in [0.717, 1.165) is 12.8 Å². The van der Waals surface area contributed by atoms with E-state index < -0.39 is 5.97 Å². The molecule has 6 nitrogen and oxygen atoms in total. The molecule has 1 rings (SSSR count). The van der Waals surface area contributed by atoms with Crippen LogP contribution < -0.4 is 5.32 Å². The van der Waals surface area contributed by atoms with Crippen LogP contribution >= 0.6 is 0 Å². The van der Waals surface area contributed by atoms with Crippen LogP contribution in [-0.2, 0) is 9.59 Å². The second-order valence-corrected chi connectivity index (χ2v) is 5.06. The highest BCUT2D eigenvalue weighted by Gasteiger charge is 2.16. The summed E-state index contributed by atoms with van der Waals surface area (Å²) in [6.45, 7) is 3.91. The van der Waals surface area contributed by atoms with Crippen molar-refractivity contribution in [1.29, 1.82) is 0 Å². The van der Waals surface area contributed by atoms with Crippen molar-refractivity contribution in [2.45, 2.75) is 58.0 Å². The third-order valence-electron chi connectivity index (χ3n) is 3.19. The number of aromatic nitrogens is 2. The first-order valence-corrected chi connectivity index (χ1v) is 7.01. The summed E-state index contributed by atoms with van der Waals surface area (Å²) in [5, 5.41) is 11.5. The van der Waals surface area contributed by atoms with Crippen LogP contribution in [0.1, 0.15) is 52.0 Å². The molecule has 1 amide bonds. The highest BCUT2D eigenvalue weighted by Crippen LogP contribution is 2.17. The standard InChI is InChI=1S/C14H23N3O3/c1-3-4-12(17-8-7-15-10-17)9-13(18)16-11(2)5-6-14(19)20/h7-8,10-12H,3-6,9H2,1-2H3,(H,16,18)(H,19,20). The minimum atomic E-state index is -0.839. The van der Waals surface area contributed by atoms with Crippen molar-refractivity contribution in [1.82, 2.24) is 14.9 Å². The molecule has 1 aromatic rings. The van der Waals surface area contributed by atoms with Gasteiger partial charge in [0, 0.05) is 37.3 Å². The molecule has 1 heterocycles. The van der Waals surface area contributed by atoms with Crippen LogP contribution in [0.5, 0.6) is 0 Å². The monoisotopic (exact) mass is 281 g/mol. The third kappa shape index (κ3) is 5.86. The maximum absolute atomic E-state index is 12.0. The van der Waals surface area contributed by atoms with Crippen LogP contribution in [0, 0.1) is 0 Å². The predicted octanol–water partition coefficient (Wildman–Crippen LogP) is 1.98. The number of hydrogen-bond acceptors (Lipinski definition) is 3. The Morgan fingerprint density at radius 2 is 2.15 bits per heavy atom. The fourth-order valence-electron chi connectivity index (χ4n) is 2.14. The third-order valence-corrected chi connectivity index (χ3v) is 3.19. The maximum atomic E-state index is 12.0. The largest absolute Gasteiger partial charge is 0.481 e. The number of hydrogen-bond donors (Lipinski definition) is 2. The molecule has 6 heteroatoms. The Morgan fingerprint density at radius 3 is 2.70 bits per heavy atom. The minimum Gasteiger partial charge on any atom is -0.481 e. The number of carbonyl (C=O) groups is 2. The molecular formula is C14H23N3O3. The van der Waals surface area contributed by atoms with Gasteiger partial charge in [-0.25, -0.2) is 4.98 Å². The molecule has 112 valence electrons. The maximum Gasteiger partial charge on any atom is 0.303 e. The topological polar surface area (TPSA) is 84.2 Å². The van der Waals surface area contributed by atoms with E-state index in [1.54, 1.807) is 12.5 Å². The number of carboxylic acid groups (broad SMARTS) is 1. The lowest BCUT2D eigenvalue weighted by atomic mass is 10.1. The number of nitrogens with one attached hydrogen (secondary N) is 1. The van der Waals surface area contributed by atoms with Gasteiger partial charge in [0.2, 0.25) is 5.91 Å². The quantitative estimate of drug-likeness (QED) is 0.725. The van der Waals surface area contributed by atoms with Gasteiger partial charge in [0.1, 0.15) is 0 Å². The van der Waals surface area contributed by atoms with E-state index in [2.05, 4.69) is 17.2 Å². The van der Waals surface area contributed by atoms with E-state index in [1.807, 2.05) is 17.7 Å². The van der Waals surface area contributed by atoms with Gasteiger partial charge in [-0.15, -0.1) is 0 Å². The minimum absolute atomic E-state index is 0.0463. The molecule has 0 saturated carbocycles. The average molecular weight is 281 g/mol. The summed E-state index contributed by atoms with van der Waals surface area (Å²) in [4.78, 5) is 26.5. The molecular weight excluding hydrogens is 258 g/mol. The first-order valence-electron chi connectivity index (χ1n) is 7.01. The van der Waals surface area contributed by atoms with Gasteiger partial charge in [0.05, 0.1) is 6.33 Å². The second-order valence-electron chi connectivity index (χ2n) is 5.06. The molecule has 1 aromatic heterocycles. The first-order chi connectivity index (χ1) is 9.52. The molecule has 0 fully saturated rings. The van der Waals surface area contributed by atoms with Crippen molar-refractivity contribution in [3.8, 4) is 0 Å². The fraction of sp³-hybridized carbons (Fsp3) is 0.643. The molecule has 0 aliphatic heterocycles. The van der Waals surface area contributed by atoms with Crippen LogP contribution in [0.3, 0.4) is 0 Å². The highest BCUT2D eigenvalue weighted by molar-refractivity contribution is 5.76. The smallest absolute Gasteiger partial charge is 0.303 e. The Hall–Kier alpha value is -1.85. The van der Waals surface area contributed by atoms with Crippen molar-refractivity contribution < 1.29 is 14.7 Å². The molecule has 0 radical (unpaired) electrons. The number of imidazole rings is 1. The molecule has 0 aliphatic rings.